The molecule has 22 heavy (non-hydrogen) atoms. The highest BCUT2D eigenvalue weighted by atomic mass is 35.5. The highest BCUT2D eigenvalue weighted by molar-refractivity contribution is 7.12. The summed E-state index contributed by atoms with van der Waals surface area (Å²) in [4.78, 5) is 24.4. The van der Waals surface area contributed by atoms with E-state index < -0.39 is 0 Å². The maximum absolute atomic E-state index is 12.0. The number of ketones is 1. The van der Waals surface area contributed by atoms with Crippen molar-refractivity contribution in [2.75, 3.05) is 6.54 Å². The molecule has 1 N–H and O–H groups in total. The molecular weight excluding hydrogens is 318 g/mol. The van der Waals surface area contributed by atoms with Gasteiger partial charge in [0.2, 0.25) is 5.91 Å². The van der Waals surface area contributed by atoms with E-state index in [2.05, 4.69) is 26.1 Å². The summed E-state index contributed by atoms with van der Waals surface area (Å²) in [5.74, 6) is 0.562. The molecule has 1 heterocycles. The summed E-state index contributed by atoms with van der Waals surface area (Å²) < 4.78 is 0. The summed E-state index contributed by atoms with van der Waals surface area (Å²) in [7, 11) is 0. The van der Waals surface area contributed by atoms with Gasteiger partial charge in [-0.1, -0.05) is 51.6 Å². The Hall–Kier alpha value is -0.870. The van der Waals surface area contributed by atoms with Crippen LogP contribution >= 0.6 is 22.9 Å². The van der Waals surface area contributed by atoms with Crippen molar-refractivity contribution in [1.29, 1.82) is 0 Å². The van der Waals surface area contributed by atoms with Crippen LogP contribution in [0.5, 0.6) is 0 Å². The van der Waals surface area contributed by atoms with Crippen molar-refractivity contribution in [3.05, 3.63) is 21.3 Å². The lowest BCUT2D eigenvalue weighted by Crippen LogP contribution is -2.36. The average molecular weight is 344 g/mol. The highest BCUT2D eigenvalue weighted by Crippen LogP contribution is 2.28. The van der Waals surface area contributed by atoms with Gasteiger partial charge in [0.15, 0.2) is 5.78 Å². The topological polar surface area (TPSA) is 46.2 Å². The number of nitrogens with one attached hydrogen (secondary N) is 1. The molecule has 1 aliphatic rings. The van der Waals surface area contributed by atoms with Gasteiger partial charge in [-0.25, -0.2) is 0 Å². The molecule has 1 aromatic rings. The van der Waals surface area contributed by atoms with Crippen molar-refractivity contribution in [1.82, 2.24) is 5.32 Å². The molecule has 0 spiro atoms. The predicted octanol–water partition coefficient (Wildman–Crippen LogP) is 4.94. The first-order chi connectivity index (χ1) is 10.5. The Kier molecular flexibility index (Phi) is 8.72. The first kappa shape index (κ1) is 19.2. The number of hydrogen-bond acceptors (Lipinski definition) is 3. The zero-order valence-corrected chi connectivity index (χ0v) is 15.2. The lowest BCUT2D eigenvalue weighted by molar-refractivity contribution is -0.126. The van der Waals surface area contributed by atoms with Crippen molar-refractivity contribution in [2.45, 2.75) is 52.9 Å². The molecule has 0 radical (unpaired) electrons. The molecule has 0 saturated heterocycles. The monoisotopic (exact) mass is 343 g/mol. The number of carbonyl (C=O) groups is 2. The predicted molar refractivity (Wildman–Crippen MR) is 93.8 cm³/mol. The zero-order valence-electron chi connectivity index (χ0n) is 13.7. The SMILES string of the molecule is CC1CCCC(C(=O)NCC(=O)c2sccc2Cl)C1.CCC. The lowest BCUT2D eigenvalue weighted by atomic mass is 9.82. The molecule has 2 rings (SSSR count). The summed E-state index contributed by atoms with van der Waals surface area (Å²) >= 11 is 7.21. The van der Waals surface area contributed by atoms with Gasteiger partial charge in [0.05, 0.1) is 16.4 Å². The molecule has 0 aromatic carbocycles. The maximum Gasteiger partial charge on any atom is 0.223 e. The van der Waals surface area contributed by atoms with Crippen molar-refractivity contribution in [3.8, 4) is 0 Å². The van der Waals surface area contributed by atoms with Crippen LogP contribution in [0.2, 0.25) is 5.02 Å². The summed E-state index contributed by atoms with van der Waals surface area (Å²) in [6.45, 7) is 6.47. The van der Waals surface area contributed by atoms with Gasteiger partial charge in [-0.2, -0.15) is 0 Å². The molecule has 5 heteroatoms. The largest absolute Gasteiger partial charge is 0.348 e. The Morgan fingerprint density at radius 1 is 1.36 bits per heavy atom. The summed E-state index contributed by atoms with van der Waals surface area (Å²) in [6.07, 6.45) is 5.42. The minimum atomic E-state index is -0.114. The van der Waals surface area contributed by atoms with E-state index in [1.807, 2.05) is 0 Å². The van der Waals surface area contributed by atoms with Gasteiger partial charge in [0.1, 0.15) is 0 Å². The Labute approximate surface area is 142 Å². The fraction of sp³-hybridized carbons (Fsp3) is 0.647. The molecule has 2 atom stereocenters. The van der Waals surface area contributed by atoms with E-state index in [1.54, 1.807) is 11.4 Å². The number of Topliss-reactive ketones (excluding diaryl/α,β-unsaturated/α-hetero) is 1. The van der Waals surface area contributed by atoms with Gasteiger partial charge in [-0.15, -0.1) is 11.3 Å². The number of rotatable bonds is 4. The Balaban J connectivity index is 0.000000745. The summed E-state index contributed by atoms with van der Waals surface area (Å²) in [5.41, 5.74) is 0. The first-order valence-corrected chi connectivity index (χ1v) is 9.29. The van der Waals surface area contributed by atoms with Gasteiger partial charge in [0.25, 0.3) is 0 Å². The number of thiophene rings is 1. The van der Waals surface area contributed by atoms with E-state index >= 15 is 0 Å². The maximum atomic E-state index is 12.0. The standard InChI is InChI=1S/C14H18ClNO2S.C3H8/c1-9-3-2-4-10(7-9)14(18)16-8-12(17)13-11(15)5-6-19-13;1-3-2/h5-6,9-10H,2-4,7-8H2,1H3,(H,16,18);3H2,1-2H3. The molecular formula is C17H26ClNO2S. The van der Waals surface area contributed by atoms with Crippen molar-refractivity contribution in [2.24, 2.45) is 11.8 Å². The smallest absolute Gasteiger partial charge is 0.223 e. The van der Waals surface area contributed by atoms with Crippen LogP contribution in [0.15, 0.2) is 11.4 Å². The Bertz CT molecular complexity index is 487. The number of halogens is 1. The third-order valence-corrected chi connectivity index (χ3v) is 4.98. The van der Waals surface area contributed by atoms with E-state index in [9.17, 15) is 9.59 Å². The molecule has 3 nitrogen and oxygen atoms in total. The van der Waals surface area contributed by atoms with E-state index in [-0.39, 0.29) is 24.2 Å². The molecule has 124 valence electrons. The quantitative estimate of drug-likeness (QED) is 0.787. The van der Waals surface area contributed by atoms with E-state index in [1.165, 1.54) is 24.2 Å². The Morgan fingerprint density at radius 3 is 2.59 bits per heavy atom. The van der Waals surface area contributed by atoms with Crippen molar-refractivity contribution in [3.63, 3.8) is 0 Å². The molecule has 1 aromatic heterocycles. The minimum absolute atomic E-state index is 0.00702. The van der Waals surface area contributed by atoms with Crippen LogP contribution in [0.25, 0.3) is 0 Å². The fourth-order valence-corrected chi connectivity index (χ4v) is 3.66. The van der Waals surface area contributed by atoms with Crippen molar-refractivity contribution >= 4 is 34.6 Å². The molecule has 0 aliphatic heterocycles. The van der Waals surface area contributed by atoms with Crippen LogP contribution in [0.1, 0.15) is 62.5 Å². The fourth-order valence-electron chi connectivity index (χ4n) is 2.56. The number of hydrogen-bond donors (Lipinski definition) is 1. The number of carbonyl (C=O) groups excluding carboxylic acids is 2. The van der Waals surface area contributed by atoms with Gasteiger partial charge < -0.3 is 5.32 Å². The van der Waals surface area contributed by atoms with E-state index in [4.69, 9.17) is 11.6 Å². The summed E-state index contributed by atoms with van der Waals surface area (Å²) in [6, 6.07) is 1.70. The van der Waals surface area contributed by atoms with Crippen molar-refractivity contribution < 1.29 is 9.59 Å². The van der Waals surface area contributed by atoms with Crippen LogP contribution < -0.4 is 5.32 Å². The second-order valence-electron chi connectivity index (χ2n) is 5.91. The molecule has 0 bridgehead atoms. The van der Waals surface area contributed by atoms with Crippen LogP contribution in [0, 0.1) is 11.8 Å². The lowest BCUT2D eigenvalue weighted by Gasteiger charge is -2.25. The van der Waals surface area contributed by atoms with Crippen LogP contribution in [-0.2, 0) is 4.79 Å². The van der Waals surface area contributed by atoms with Gasteiger partial charge in [0, 0.05) is 5.92 Å². The highest BCUT2D eigenvalue weighted by Gasteiger charge is 2.25. The van der Waals surface area contributed by atoms with E-state index in [0.717, 1.165) is 19.3 Å². The minimum Gasteiger partial charge on any atom is -0.348 e. The molecule has 1 fully saturated rings. The van der Waals surface area contributed by atoms with Gasteiger partial charge >= 0.3 is 0 Å². The van der Waals surface area contributed by atoms with Gasteiger partial charge in [-0.05, 0) is 30.2 Å². The molecule has 2 unspecified atom stereocenters. The molecule has 1 saturated carbocycles. The van der Waals surface area contributed by atoms with Crippen LogP contribution in [0.4, 0.5) is 0 Å². The van der Waals surface area contributed by atoms with Gasteiger partial charge in [-0.3, -0.25) is 9.59 Å². The van der Waals surface area contributed by atoms with Crippen LogP contribution in [0.3, 0.4) is 0 Å². The second kappa shape index (κ2) is 10.0. The van der Waals surface area contributed by atoms with E-state index in [0.29, 0.717) is 15.8 Å². The first-order valence-electron chi connectivity index (χ1n) is 8.03. The normalized spacial score (nSPS) is 20.7. The second-order valence-corrected chi connectivity index (χ2v) is 7.24. The zero-order chi connectivity index (χ0) is 16.5. The third kappa shape index (κ3) is 6.09. The van der Waals surface area contributed by atoms with Crippen LogP contribution in [-0.4, -0.2) is 18.2 Å². The summed E-state index contributed by atoms with van der Waals surface area (Å²) in [5, 5.41) is 4.99. The average Bonchev–Trinajstić information content (AvgIpc) is 2.91. The Morgan fingerprint density at radius 2 is 2.05 bits per heavy atom. The third-order valence-electron chi connectivity index (χ3n) is 3.60. The molecule has 1 aliphatic carbocycles. The molecule has 1 amide bonds. The number of amides is 1.